The number of ether oxygens (including phenoxy) is 1. The first-order valence-corrected chi connectivity index (χ1v) is 9.77. The summed E-state index contributed by atoms with van der Waals surface area (Å²) in [6.45, 7) is 7.94. The smallest absolute Gasteiger partial charge is 0.407 e. The van der Waals surface area contributed by atoms with Gasteiger partial charge in [-0.25, -0.2) is 4.79 Å². The molecule has 22 heavy (non-hydrogen) atoms. The van der Waals surface area contributed by atoms with Crippen molar-refractivity contribution in [1.82, 2.24) is 10.6 Å². The highest BCUT2D eigenvalue weighted by Crippen LogP contribution is 2.31. The first kappa shape index (κ1) is 17.9. The molecule has 2 aliphatic rings. The first-order chi connectivity index (χ1) is 10.4. The molecule has 4 nitrogen and oxygen atoms in total. The van der Waals surface area contributed by atoms with Crippen LogP contribution in [0.3, 0.4) is 0 Å². The first-order valence-electron chi connectivity index (χ1n) is 8.73. The number of carbonyl (C=O) groups is 1. The lowest BCUT2D eigenvalue weighted by Gasteiger charge is -2.22. The van der Waals surface area contributed by atoms with Crippen molar-refractivity contribution in [1.29, 1.82) is 0 Å². The predicted octanol–water partition coefficient (Wildman–Crippen LogP) is 3.70. The van der Waals surface area contributed by atoms with Crippen LogP contribution in [0.1, 0.15) is 66.2 Å². The van der Waals surface area contributed by atoms with Gasteiger partial charge in [-0.15, -0.1) is 0 Å². The second-order valence-corrected chi connectivity index (χ2v) is 9.18. The standard InChI is InChI=1S/C17H32N2O2S/c1-5-22-15-9-8-14(11-15)18-12-6-7-13(10-12)19-16(20)21-17(2,3)4/h12-15,18H,5-11H2,1-4H3,(H,19,20). The molecule has 2 aliphatic carbocycles. The van der Waals surface area contributed by atoms with Gasteiger partial charge in [-0.05, 0) is 65.0 Å². The van der Waals surface area contributed by atoms with E-state index in [-0.39, 0.29) is 12.1 Å². The Labute approximate surface area is 139 Å². The minimum Gasteiger partial charge on any atom is -0.444 e. The molecule has 2 fully saturated rings. The molecule has 4 unspecified atom stereocenters. The highest BCUT2D eigenvalue weighted by molar-refractivity contribution is 7.99. The number of carbonyl (C=O) groups excluding carboxylic acids is 1. The Kier molecular flexibility index (Phi) is 6.45. The fraction of sp³-hybridized carbons (Fsp3) is 0.941. The zero-order chi connectivity index (χ0) is 16.2. The Morgan fingerprint density at radius 2 is 1.73 bits per heavy atom. The van der Waals surface area contributed by atoms with Gasteiger partial charge in [0.05, 0.1) is 0 Å². The number of thioether (sulfide) groups is 1. The Hall–Kier alpha value is -0.420. The van der Waals surface area contributed by atoms with Gasteiger partial charge in [0.2, 0.25) is 0 Å². The third-order valence-electron chi connectivity index (χ3n) is 4.41. The monoisotopic (exact) mass is 328 g/mol. The van der Waals surface area contributed by atoms with Crippen molar-refractivity contribution >= 4 is 17.9 Å². The summed E-state index contributed by atoms with van der Waals surface area (Å²) in [5.74, 6) is 1.22. The van der Waals surface area contributed by atoms with Crippen LogP contribution in [0.25, 0.3) is 0 Å². The fourth-order valence-corrected chi connectivity index (χ4v) is 4.69. The van der Waals surface area contributed by atoms with Gasteiger partial charge in [-0.3, -0.25) is 0 Å². The van der Waals surface area contributed by atoms with Gasteiger partial charge in [0.1, 0.15) is 5.60 Å². The highest BCUT2D eigenvalue weighted by Gasteiger charge is 2.31. The summed E-state index contributed by atoms with van der Waals surface area (Å²) >= 11 is 2.10. The van der Waals surface area contributed by atoms with Crippen LogP contribution >= 0.6 is 11.8 Å². The highest BCUT2D eigenvalue weighted by atomic mass is 32.2. The number of rotatable bonds is 5. The van der Waals surface area contributed by atoms with Crippen molar-refractivity contribution < 1.29 is 9.53 Å². The lowest BCUT2D eigenvalue weighted by Crippen LogP contribution is -2.40. The van der Waals surface area contributed by atoms with E-state index < -0.39 is 5.60 Å². The van der Waals surface area contributed by atoms with Gasteiger partial charge >= 0.3 is 6.09 Å². The molecule has 128 valence electrons. The molecule has 5 heteroatoms. The molecular weight excluding hydrogens is 296 g/mol. The Morgan fingerprint density at radius 1 is 1.09 bits per heavy atom. The van der Waals surface area contributed by atoms with Crippen molar-refractivity contribution in [3.05, 3.63) is 0 Å². The molecule has 0 aromatic heterocycles. The molecule has 0 bridgehead atoms. The van der Waals surface area contributed by atoms with Crippen LogP contribution in [0, 0.1) is 0 Å². The van der Waals surface area contributed by atoms with Gasteiger partial charge in [-0.1, -0.05) is 6.92 Å². The summed E-state index contributed by atoms with van der Waals surface area (Å²) in [7, 11) is 0. The SMILES string of the molecule is CCSC1CCC(NC2CCC(NC(=O)OC(C)(C)C)C2)C1. The van der Waals surface area contributed by atoms with Crippen LogP contribution in [-0.4, -0.2) is 40.8 Å². The molecule has 0 spiro atoms. The second-order valence-electron chi connectivity index (χ2n) is 7.61. The summed E-state index contributed by atoms with van der Waals surface area (Å²) in [6, 6.07) is 1.49. The zero-order valence-electron chi connectivity index (χ0n) is 14.5. The molecule has 1 amide bonds. The number of nitrogens with one attached hydrogen (secondary N) is 2. The minimum atomic E-state index is -0.420. The quantitative estimate of drug-likeness (QED) is 0.808. The molecule has 0 aliphatic heterocycles. The summed E-state index contributed by atoms with van der Waals surface area (Å²) in [4.78, 5) is 11.8. The lowest BCUT2D eigenvalue weighted by molar-refractivity contribution is 0.0505. The minimum absolute atomic E-state index is 0.259. The fourth-order valence-electron chi connectivity index (χ4n) is 3.55. The van der Waals surface area contributed by atoms with Crippen molar-refractivity contribution in [3.8, 4) is 0 Å². The van der Waals surface area contributed by atoms with Crippen LogP contribution < -0.4 is 10.6 Å². The van der Waals surface area contributed by atoms with Gasteiger partial charge < -0.3 is 15.4 Å². The van der Waals surface area contributed by atoms with E-state index in [9.17, 15) is 4.79 Å². The summed E-state index contributed by atoms with van der Waals surface area (Å²) in [5, 5.41) is 7.67. The van der Waals surface area contributed by atoms with E-state index in [1.54, 1.807) is 0 Å². The number of alkyl carbamates (subject to hydrolysis) is 1. The molecule has 2 N–H and O–H groups in total. The maximum atomic E-state index is 11.8. The zero-order valence-corrected chi connectivity index (χ0v) is 15.3. The van der Waals surface area contributed by atoms with Gasteiger partial charge in [-0.2, -0.15) is 11.8 Å². The number of hydrogen-bond acceptors (Lipinski definition) is 4. The van der Waals surface area contributed by atoms with Crippen molar-refractivity contribution in [2.24, 2.45) is 0 Å². The van der Waals surface area contributed by atoms with E-state index in [0.717, 1.165) is 24.5 Å². The molecule has 0 aromatic carbocycles. The van der Waals surface area contributed by atoms with E-state index in [1.807, 2.05) is 20.8 Å². The van der Waals surface area contributed by atoms with Crippen LogP contribution in [0.5, 0.6) is 0 Å². The number of hydrogen-bond donors (Lipinski definition) is 2. The van der Waals surface area contributed by atoms with Gasteiger partial charge in [0, 0.05) is 23.4 Å². The number of amides is 1. The molecule has 2 saturated carbocycles. The molecular formula is C17H32N2O2S. The van der Waals surface area contributed by atoms with Crippen LogP contribution in [0.15, 0.2) is 0 Å². The normalized spacial score (nSPS) is 32.2. The molecule has 0 radical (unpaired) electrons. The Balaban J connectivity index is 1.67. The molecule has 2 rings (SSSR count). The average molecular weight is 329 g/mol. The molecule has 0 saturated heterocycles. The maximum Gasteiger partial charge on any atom is 0.407 e. The summed E-state index contributed by atoms with van der Waals surface area (Å²) < 4.78 is 5.34. The third-order valence-corrected chi connectivity index (χ3v) is 5.64. The van der Waals surface area contributed by atoms with E-state index in [0.29, 0.717) is 12.1 Å². The van der Waals surface area contributed by atoms with E-state index in [4.69, 9.17) is 4.74 Å². The van der Waals surface area contributed by atoms with Crippen molar-refractivity contribution in [2.75, 3.05) is 5.75 Å². The molecule has 4 atom stereocenters. The van der Waals surface area contributed by atoms with E-state index in [1.165, 1.54) is 25.0 Å². The maximum absolute atomic E-state index is 11.8. The predicted molar refractivity (Wildman–Crippen MR) is 93.5 cm³/mol. The Morgan fingerprint density at radius 3 is 2.41 bits per heavy atom. The summed E-state index contributed by atoms with van der Waals surface area (Å²) in [6.07, 6.45) is 6.92. The topological polar surface area (TPSA) is 50.4 Å². The van der Waals surface area contributed by atoms with Gasteiger partial charge in [0.25, 0.3) is 0 Å². The average Bonchev–Trinajstić information content (AvgIpc) is 2.98. The van der Waals surface area contributed by atoms with E-state index >= 15 is 0 Å². The molecule has 0 aromatic rings. The molecule has 0 heterocycles. The van der Waals surface area contributed by atoms with Crippen LogP contribution in [0.4, 0.5) is 4.79 Å². The second kappa shape index (κ2) is 7.91. The largest absolute Gasteiger partial charge is 0.444 e. The third kappa shape index (κ3) is 5.99. The van der Waals surface area contributed by atoms with Crippen LogP contribution in [0.2, 0.25) is 0 Å². The summed E-state index contributed by atoms with van der Waals surface area (Å²) in [5.41, 5.74) is -0.420. The van der Waals surface area contributed by atoms with Crippen molar-refractivity contribution in [2.45, 2.75) is 95.2 Å². The van der Waals surface area contributed by atoms with Crippen molar-refractivity contribution in [3.63, 3.8) is 0 Å². The van der Waals surface area contributed by atoms with Gasteiger partial charge in [0.15, 0.2) is 0 Å². The van der Waals surface area contributed by atoms with E-state index in [2.05, 4.69) is 29.3 Å². The van der Waals surface area contributed by atoms with Crippen LogP contribution in [-0.2, 0) is 4.74 Å². The lowest BCUT2D eigenvalue weighted by atomic mass is 10.1. The Bertz CT molecular complexity index is 370.